The number of rotatable bonds is 19. The number of hydrogen-bond acceptors (Lipinski definition) is 10. The first-order valence-corrected chi connectivity index (χ1v) is 10.5. The van der Waals surface area contributed by atoms with Gasteiger partial charge in [0, 0.05) is 91.4 Å². The van der Waals surface area contributed by atoms with Gasteiger partial charge in [-0.1, -0.05) is 0 Å². The van der Waals surface area contributed by atoms with Crippen LogP contribution in [0.2, 0.25) is 0 Å². The van der Waals surface area contributed by atoms with Gasteiger partial charge in [-0.05, 0) is 12.8 Å². The van der Waals surface area contributed by atoms with Crippen LogP contribution in [0.15, 0.2) is 0 Å². The summed E-state index contributed by atoms with van der Waals surface area (Å²) in [7, 11) is 0. The number of unbranched alkanes of at least 4 members (excludes halogenated alkanes) is 1. The summed E-state index contributed by atoms with van der Waals surface area (Å²) in [4.78, 5) is 19.8. The molecular weight excluding hydrogens is 392 g/mol. The molecule has 0 spiro atoms. The van der Waals surface area contributed by atoms with Gasteiger partial charge >= 0.3 is 11.9 Å². The highest BCUT2D eigenvalue weighted by Gasteiger charge is 1.99. The van der Waals surface area contributed by atoms with Crippen molar-refractivity contribution in [2.45, 2.75) is 25.7 Å². The molecule has 0 aromatic heterocycles. The van der Waals surface area contributed by atoms with Crippen molar-refractivity contribution < 1.29 is 19.8 Å². The lowest BCUT2D eigenvalue weighted by molar-refractivity contribution is -0.139. The molecule has 0 aromatic rings. The van der Waals surface area contributed by atoms with E-state index in [2.05, 4.69) is 21.3 Å². The van der Waals surface area contributed by atoms with Gasteiger partial charge in [-0.3, -0.25) is 9.59 Å². The van der Waals surface area contributed by atoms with Crippen LogP contribution >= 0.6 is 0 Å². The van der Waals surface area contributed by atoms with Crippen LogP contribution in [0.3, 0.4) is 0 Å². The van der Waals surface area contributed by atoms with E-state index in [1.165, 1.54) is 0 Å². The van der Waals surface area contributed by atoms with E-state index in [1.807, 2.05) is 0 Å². The summed E-state index contributed by atoms with van der Waals surface area (Å²) < 4.78 is 0. The Morgan fingerprint density at radius 3 is 0.967 bits per heavy atom. The van der Waals surface area contributed by atoms with Crippen LogP contribution in [0.1, 0.15) is 25.7 Å². The first kappa shape index (κ1) is 33.3. The first-order chi connectivity index (χ1) is 14.5. The fraction of sp³-hybridized carbons (Fsp3) is 0.889. The summed E-state index contributed by atoms with van der Waals surface area (Å²) in [5.41, 5.74) is 21.0. The maximum Gasteiger partial charge on any atom is 0.303 e. The third-order valence-corrected chi connectivity index (χ3v) is 3.27. The minimum Gasteiger partial charge on any atom is -0.481 e. The van der Waals surface area contributed by atoms with Gasteiger partial charge in [-0.25, -0.2) is 0 Å². The molecule has 0 aliphatic rings. The highest BCUT2D eigenvalue weighted by molar-refractivity contribution is 5.67. The molecule has 0 rings (SSSR count). The quantitative estimate of drug-likeness (QED) is 0.0903. The molecule has 30 heavy (non-hydrogen) atoms. The van der Waals surface area contributed by atoms with Crippen molar-refractivity contribution in [2.24, 2.45) is 22.9 Å². The summed E-state index contributed by atoms with van der Waals surface area (Å²) in [6.45, 7) is 10.3. The zero-order valence-electron chi connectivity index (χ0n) is 18.3. The first-order valence-electron chi connectivity index (χ1n) is 10.5. The molecule has 0 heterocycles. The summed E-state index contributed by atoms with van der Waals surface area (Å²) in [5, 5.41) is 29.0. The molecule has 14 N–H and O–H groups in total. The predicted octanol–water partition coefficient (Wildman–Crippen LogP) is -3.12. The molecule has 0 saturated heterocycles. The lowest BCUT2D eigenvalue weighted by Crippen LogP contribution is -2.35. The molecule has 0 amide bonds. The molecular formula is C18H46N8O4. The molecule has 0 fully saturated rings. The molecule has 0 aliphatic carbocycles. The highest BCUT2D eigenvalue weighted by Crippen LogP contribution is 1.98. The molecule has 12 nitrogen and oxygen atoms in total. The second kappa shape index (κ2) is 32.3. The van der Waals surface area contributed by atoms with E-state index in [4.69, 9.17) is 33.1 Å². The monoisotopic (exact) mass is 438 g/mol. The molecule has 0 aromatic carbocycles. The van der Waals surface area contributed by atoms with Crippen LogP contribution in [-0.4, -0.2) is 101 Å². The Kier molecular flexibility index (Phi) is 35.8. The maximum absolute atomic E-state index is 9.90. The summed E-state index contributed by atoms with van der Waals surface area (Å²) in [6, 6.07) is 0. The van der Waals surface area contributed by atoms with Crippen molar-refractivity contribution in [1.82, 2.24) is 21.3 Å². The molecule has 0 saturated carbocycles. The minimum atomic E-state index is -0.870. The molecule has 0 unspecified atom stereocenters. The van der Waals surface area contributed by atoms with Crippen molar-refractivity contribution in [3.05, 3.63) is 0 Å². The Bertz CT molecular complexity index is 322. The summed E-state index contributed by atoms with van der Waals surface area (Å²) in [5.74, 6) is -1.74. The van der Waals surface area contributed by atoms with Crippen LogP contribution in [-0.2, 0) is 9.59 Å². The van der Waals surface area contributed by atoms with E-state index in [9.17, 15) is 9.59 Å². The summed E-state index contributed by atoms with van der Waals surface area (Å²) in [6.07, 6.45) is 1.02. The number of carboxylic acids is 2. The van der Waals surface area contributed by atoms with E-state index in [-0.39, 0.29) is 12.8 Å². The Hall–Kier alpha value is -1.38. The zero-order chi connectivity index (χ0) is 23.3. The van der Waals surface area contributed by atoms with E-state index >= 15 is 0 Å². The Morgan fingerprint density at radius 1 is 0.500 bits per heavy atom. The van der Waals surface area contributed by atoms with Crippen molar-refractivity contribution in [1.29, 1.82) is 0 Å². The Morgan fingerprint density at radius 2 is 0.733 bits per heavy atom. The molecule has 0 atom stereocenters. The lowest BCUT2D eigenvalue weighted by Gasteiger charge is -2.06. The number of carbonyl (C=O) groups is 2. The smallest absolute Gasteiger partial charge is 0.303 e. The average Bonchev–Trinajstić information content (AvgIpc) is 2.71. The number of aliphatic carboxylic acids is 2. The SMILES string of the molecule is NCCNCCN.NCCNCCNCCNCCN.O=C(O)CCCCC(=O)O. The van der Waals surface area contributed by atoms with Crippen molar-refractivity contribution in [2.75, 3.05) is 78.5 Å². The standard InChI is InChI=1S/C8H23N5.C6H10O4.C4H13N3/c9-1-3-11-5-7-13-8-6-12-4-2-10;7-5(8)3-1-2-4-6(9)10;5-1-3-7-4-2-6/h11-13H,1-10H2;1-4H2,(H,7,8)(H,9,10);7H,1-6H2. The molecule has 0 bridgehead atoms. The van der Waals surface area contributed by atoms with Crippen LogP contribution in [0.25, 0.3) is 0 Å². The van der Waals surface area contributed by atoms with Crippen LogP contribution < -0.4 is 44.2 Å². The second-order valence-corrected chi connectivity index (χ2v) is 6.15. The van der Waals surface area contributed by atoms with Gasteiger partial charge < -0.3 is 54.4 Å². The van der Waals surface area contributed by atoms with Gasteiger partial charge in [0.25, 0.3) is 0 Å². The van der Waals surface area contributed by atoms with Gasteiger partial charge in [-0.2, -0.15) is 0 Å². The van der Waals surface area contributed by atoms with E-state index in [0.717, 1.165) is 52.4 Å². The predicted molar refractivity (Wildman–Crippen MR) is 121 cm³/mol. The van der Waals surface area contributed by atoms with E-state index in [1.54, 1.807) is 0 Å². The van der Waals surface area contributed by atoms with Crippen molar-refractivity contribution >= 4 is 11.9 Å². The third-order valence-electron chi connectivity index (χ3n) is 3.27. The topological polar surface area (TPSA) is 227 Å². The van der Waals surface area contributed by atoms with Gasteiger partial charge in [0.1, 0.15) is 0 Å². The number of nitrogens with one attached hydrogen (secondary N) is 4. The lowest BCUT2D eigenvalue weighted by atomic mass is 10.2. The van der Waals surface area contributed by atoms with Crippen LogP contribution in [0.5, 0.6) is 0 Å². The zero-order valence-corrected chi connectivity index (χ0v) is 18.3. The largest absolute Gasteiger partial charge is 0.481 e. The van der Waals surface area contributed by atoms with E-state index < -0.39 is 11.9 Å². The van der Waals surface area contributed by atoms with Gasteiger partial charge in [-0.15, -0.1) is 0 Å². The maximum atomic E-state index is 9.90. The molecule has 12 heteroatoms. The minimum absolute atomic E-state index is 0.0628. The number of nitrogens with two attached hydrogens (primary N) is 4. The molecule has 0 radical (unpaired) electrons. The van der Waals surface area contributed by atoms with Crippen LogP contribution in [0.4, 0.5) is 0 Å². The second-order valence-electron chi connectivity index (χ2n) is 6.15. The van der Waals surface area contributed by atoms with Crippen molar-refractivity contribution in [3.8, 4) is 0 Å². The fourth-order valence-electron chi connectivity index (χ4n) is 1.81. The summed E-state index contributed by atoms with van der Waals surface area (Å²) >= 11 is 0. The third kappa shape index (κ3) is 45.4. The van der Waals surface area contributed by atoms with Gasteiger partial charge in [0.2, 0.25) is 0 Å². The average molecular weight is 439 g/mol. The Labute approximate surface area is 180 Å². The number of carboxylic acid groups (broad SMARTS) is 2. The van der Waals surface area contributed by atoms with Crippen LogP contribution in [0, 0.1) is 0 Å². The Balaban J connectivity index is -0.000000383. The highest BCUT2D eigenvalue weighted by atomic mass is 16.4. The van der Waals surface area contributed by atoms with Gasteiger partial charge in [0.05, 0.1) is 0 Å². The molecule has 182 valence electrons. The van der Waals surface area contributed by atoms with Crippen molar-refractivity contribution in [3.63, 3.8) is 0 Å². The fourth-order valence-corrected chi connectivity index (χ4v) is 1.81. The number of hydrogen-bond donors (Lipinski definition) is 10. The molecule has 0 aliphatic heterocycles. The van der Waals surface area contributed by atoms with Gasteiger partial charge in [0.15, 0.2) is 0 Å². The van der Waals surface area contributed by atoms with E-state index in [0.29, 0.717) is 39.0 Å². The normalized spacial score (nSPS) is 9.87.